The maximum atomic E-state index is 13.7. The average Bonchev–Trinajstić information content (AvgIpc) is 2.76. The number of benzene rings is 1. The van der Waals surface area contributed by atoms with Gasteiger partial charge in [-0.3, -0.25) is 4.79 Å². The van der Waals surface area contributed by atoms with Crippen LogP contribution in [0, 0.1) is 18.7 Å². The molecule has 98 valence electrons. The molecule has 2 rings (SSSR count). The third kappa shape index (κ3) is 3.02. The number of rotatable bonds is 3. The molecule has 0 aromatic heterocycles. The van der Waals surface area contributed by atoms with Crippen LogP contribution in [0.3, 0.4) is 0 Å². The highest BCUT2D eigenvalue weighted by molar-refractivity contribution is 6.20. The van der Waals surface area contributed by atoms with Crippen molar-refractivity contribution in [2.75, 3.05) is 6.54 Å². The highest BCUT2D eigenvalue weighted by atomic mass is 35.5. The first-order chi connectivity index (χ1) is 8.58. The summed E-state index contributed by atoms with van der Waals surface area (Å²) in [4.78, 5) is 11.9. The predicted octanol–water partition coefficient (Wildman–Crippen LogP) is 3.27. The Hall–Kier alpha value is -1.09. The van der Waals surface area contributed by atoms with E-state index in [9.17, 15) is 9.18 Å². The van der Waals surface area contributed by atoms with E-state index in [0.717, 1.165) is 19.3 Å². The molecule has 1 aromatic rings. The minimum atomic E-state index is -0.434. The molecule has 2 unspecified atom stereocenters. The molecule has 1 fully saturated rings. The highest BCUT2D eigenvalue weighted by Crippen LogP contribution is 2.28. The summed E-state index contributed by atoms with van der Waals surface area (Å²) in [6, 6.07) is 4.86. The standard InChI is InChI=1S/C14H17ClFNO/c1-9-3-2-4-12(13(9)16)14(18)17-8-10-5-6-11(15)7-10/h2-4,10-11H,5-8H2,1H3,(H,17,18). The van der Waals surface area contributed by atoms with E-state index in [1.807, 2.05) is 0 Å². The Morgan fingerprint density at radius 1 is 1.50 bits per heavy atom. The summed E-state index contributed by atoms with van der Waals surface area (Å²) in [6.07, 6.45) is 2.96. The van der Waals surface area contributed by atoms with Gasteiger partial charge in [-0.15, -0.1) is 11.6 Å². The fourth-order valence-corrected chi connectivity index (χ4v) is 2.73. The molecular formula is C14H17ClFNO. The number of hydrogen-bond acceptors (Lipinski definition) is 1. The second kappa shape index (κ2) is 5.70. The fraction of sp³-hybridized carbons (Fsp3) is 0.500. The van der Waals surface area contributed by atoms with Gasteiger partial charge in [0.15, 0.2) is 0 Å². The molecule has 1 aliphatic carbocycles. The molecule has 1 aliphatic rings. The summed E-state index contributed by atoms with van der Waals surface area (Å²) in [5.41, 5.74) is 0.611. The zero-order valence-electron chi connectivity index (χ0n) is 10.4. The Bertz CT molecular complexity index is 449. The van der Waals surface area contributed by atoms with E-state index in [-0.39, 0.29) is 16.8 Å². The average molecular weight is 270 g/mol. The first-order valence-corrected chi connectivity index (χ1v) is 6.69. The first kappa shape index (κ1) is 13.3. The van der Waals surface area contributed by atoms with Crippen molar-refractivity contribution in [1.29, 1.82) is 0 Å². The van der Waals surface area contributed by atoms with Gasteiger partial charge in [-0.1, -0.05) is 12.1 Å². The number of carbonyl (C=O) groups excluding carboxylic acids is 1. The van der Waals surface area contributed by atoms with E-state index in [2.05, 4.69) is 5.32 Å². The number of alkyl halides is 1. The molecule has 0 saturated heterocycles. The quantitative estimate of drug-likeness (QED) is 0.839. The van der Waals surface area contributed by atoms with Crippen molar-refractivity contribution in [1.82, 2.24) is 5.32 Å². The van der Waals surface area contributed by atoms with Crippen molar-refractivity contribution in [3.63, 3.8) is 0 Å². The topological polar surface area (TPSA) is 29.1 Å². The fourth-order valence-electron chi connectivity index (χ4n) is 2.35. The monoisotopic (exact) mass is 269 g/mol. The second-order valence-corrected chi connectivity index (χ2v) is 5.54. The van der Waals surface area contributed by atoms with Crippen molar-refractivity contribution in [3.05, 3.63) is 35.1 Å². The van der Waals surface area contributed by atoms with Gasteiger partial charge in [-0.05, 0) is 43.7 Å². The van der Waals surface area contributed by atoms with E-state index in [1.165, 1.54) is 6.07 Å². The summed E-state index contributed by atoms with van der Waals surface area (Å²) in [5, 5.41) is 3.02. The van der Waals surface area contributed by atoms with E-state index >= 15 is 0 Å². The van der Waals surface area contributed by atoms with Crippen molar-refractivity contribution in [3.8, 4) is 0 Å². The maximum Gasteiger partial charge on any atom is 0.254 e. The number of nitrogens with one attached hydrogen (secondary N) is 1. The summed E-state index contributed by atoms with van der Waals surface area (Å²) >= 11 is 6.01. The first-order valence-electron chi connectivity index (χ1n) is 6.25. The van der Waals surface area contributed by atoms with Crippen LogP contribution in [0.5, 0.6) is 0 Å². The van der Waals surface area contributed by atoms with Crippen LogP contribution < -0.4 is 5.32 Å². The molecule has 1 aromatic carbocycles. The molecule has 2 nitrogen and oxygen atoms in total. The van der Waals surface area contributed by atoms with E-state index in [1.54, 1.807) is 19.1 Å². The normalized spacial score (nSPS) is 23.1. The van der Waals surface area contributed by atoms with Crippen LogP contribution in [0.15, 0.2) is 18.2 Å². The molecule has 0 heterocycles. The van der Waals surface area contributed by atoms with Crippen LogP contribution >= 0.6 is 11.6 Å². The van der Waals surface area contributed by atoms with Crippen molar-refractivity contribution in [2.24, 2.45) is 5.92 Å². The number of amides is 1. The second-order valence-electron chi connectivity index (χ2n) is 4.92. The summed E-state index contributed by atoms with van der Waals surface area (Å²) in [5.74, 6) is -0.352. The lowest BCUT2D eigenvalue weighted by atomic mass is 10.1. The molecule has 1 saturated carbocycles. The van der Waals surface area contributed by atoms with Crippen molar-refractivity contribution in [2.45, 2.75) is 31.6 Å². The van der Waals surface area contributed by atoms with Crippen LogP contribution in [0.4, 0.5) is 4.39 Å². The Balaban J connectivity index is 1.94. The number of aryl methyl sites for hydroxylation is 1. The van der Waals surface area contributed by atoms with E-state index in [4.69, 9.17) is 11.6 Å². The lowest BCUT2D eigenvalue weighted by molar-refractivity contribution is 0.0943. The van der Waals surface area contributed by atoms with Crippen LogP contribution in [-0.2, 0) is 0 Å². The predicted molar refractivity (Wildman–Crippen MR) is 70.5 cm³/mol. The van der Waals surface area contributed by atoms with Gasteiger partial charge in [0.05, 0.1) is 5.56 Å². The Morgan fingerprint density at radius 2 is 2.28 bits per heavy atom. The smallest absolute Gasteiger partial charge is 0.254 e. The lowest BCUT2D eigenvalue weighted by Gasteiger charge is -2.11. The van der Waals surface area contributed by atoms with Gasteiger partial charge in [0.1, 0.15) is 5.82 Å². The molecule has 0 aliphatic heterocycles. The van der Waals surface area contributed by atoms with Gasteiger partial charge in [-0.2, -0.15) is 0 Å². The van der Waals surface area contributed by atoms with E-state index in [0.29, 0.717) is 18.0 Å². The Kier molecular flexibility index (Phi) is 4.23. The van der Waals surface area contributed by atoms with Gasteiger partial charge in [-0.25, -0.2) is 4.39 Å². The van der Waals surface area contributed by atoms with Gasteiger partial charge < -0.3 is 5.32 Å². The molecule has 4 heteroatoms. The number of halogens is 2. The molecule has 1 amide bonds. The minimum absolute atomic E-state index is 0.121. The Morgan fingerprint density at radius 3 is 2.94 bits per heavy atom. The van der Waals surface area contributed by atoms with Crippen LogP contribution in [-0.4, -0.2) is 17.8 Å². The van der Waals surface area contributed by atoms with Gasteiger partial charge in [0, 0.05) is 11.9 Å². The highest BCUT2D eigenvalue weighted by Gasteiger charge is 2.23. The zero-order chi connectivity index (χ0) is 13.1. The molecule has 18 heavy (non-hydrogen) atoms. The molecule has 0 bridgehead atoms. The third-order valence-corrected chi connectivity index (χ3v) is 3.86. The van der Waals surface area contributed by atoms with Crippen LogP contribution in [0.2, 0.25) is 0 Å². The van der Waals surface area contributed by atoms with Gasteiger partial charge in [0.2, 0.25) is 0 Å². The molecule has 0 spiro atoms. The zero-order valence-corrected chi connectivity index (χ0v) is 11.1. The number of carbonyl (C=O) groups is 1. The molecule has 0 radical (unpaired) electrons. The molecule has 2 atom stereocenters. The molecular weight excluding hydrogens is 253 g/mol. The van der Waals surface area contributed by atoms with E-state index < -0.39 is 5.82 Å². The van der Waals surface area contributed by atoms with Gasteiger partial charge in [0.25, 0.3) is 5.91 Å². The van der Waals surface area contributed by atoms with Crippen molar-refractivity contribution >= 4 is 17.5 Å². The van der Waals surface area contributed by atoms with Crippen molar-refractivity contribution < 1.29 is 9.18 Å². The Labute approximate surface area is 112 Å². The summed E-state index contributed by atoms with van der Waals surface area (Å²) in [7, 11) is 0. The number of hydrogen-bond donors (Lipinski definition) is 1. The van der Waals surface area contributed by atoms with Crippen LogP contribution in [0.1, 0.15) is 35.2 Å². The largest absolute Gasteiger partial charge is 0.352 e. The minimum Gasteiger partial charge on any atom is -0.352 e. The van der Waals surface area contributed by atoms with Gasteiger partial charge >= 0.3 is 0 Å². The van der Waals surface area contributed by atoms with Crippen LogP contribution in [0.25, 0.3) is 0 Å². The summed E-state index contributed by atoms with van der Waals surface area (Å²) < 4.78 is 13.7. The lowest BCUT2D eigenvalue weighted by Crippen LogP contribution is -2.29. The molecule has 1 N–H and O–H groups in total. The summed E-state index contributed by atoms with van der Waals surface area (Å²) in [6.45, 7) is 2.23. The maximum absolute atomic E-state index is 13.7. The third-order valence-electron chi connectivity index (χ3n) is 3.46. The SMILES string of the molecule is Cc1cccc(C(=O)NCC2CCC(Cl)C2)c1F.